The zero-order valence-corrected chi connectivity index (χ0v) is 8.05. The largest absolute Gasteiger partial charge is 0.366 e. The van der Waals surface area contributed by atoms with Gasteiger partial charge in [0.2, 0.25) is 0 Å². The Morgan fingerprint density at radius 3 is 2.46 bits per heavy atom. The van der Waals surface area contributed by atoms with E-state index in [0.717, 1.165) is 5.69 Å². The topological polar surface area (TPSA) is 3.24 Å². The van der Waals surface area contributed by atoms with Gasteiger partial charge in [-0.3, -0.25) is 0 Å². The summed E-state index contributed by atoms with van der Waals surface area (Å²) in [7, 11) is 0. The Labute approximate surface area is 78.2 Å². The minimum absolute atomic E-state index is 0.558. The van der Waals surface area contributed by atoms with Gasteiger partial charge in [-0.15, -0.1) is 0 Å². The van der Waals surface area contributed by atoms with E-state index in [1.807, 2.05) is 0 Å². The summed E-state index contributed by atoms with van der Waals surface area (Å²) in [6, 6.07) is 6.28. The van der Waals surface area contributed by atoms with Gasteiger partial charge in [0, 0.05) is 5.69 Å². The van der Waals surface area contributed by atoms with E-state index >= 15 is 0 Å². The molecule has 1 aromatic rings. The van der Waals surface area contributed by atoms with Gasteiger partial charge in [-0.1, -0.05) is 6.07 Å². The van der Waals surface area contributed by atoms with Crippen molar-refractivity contribution in [2.75, 3.05) is 18.0 Å². The van der Waals surface area contributed by atoms with E-state index in [0.29, 0.717) is 13.1 Å². The average molecular weight is 179 g/mol. The molecule has 1 saturated heterocycles. The molecule has 13 heavy (non-hydrogen) atoms. The van der Waals surface area contributed by atoms with E-state index in [1.54, 1.807) is 0 Å². The van der Waals surface area contributed by atoms with Crippen LogP contribution in [0.25, 0.3) is 0 Å². The summed E-state index contributed by atoms with van der Waals surface area (Å²) in [5.41, 5.74) is 3.72. The van der Waals surface area contributed by atoms with Crippen LogP contribution in [0, 0.1) is 13.8 Å². The molecule has 1 fully saturated rings. The van der Waals surface area contributed by atoms with Crippen LogP contribution >= 0.6 is 0 Å². The molecular formula is C11H14FN. The third-order valence-electron chi connectivity index (χ3n) is 2.69. The summed E-state index contributed by atoms with van der Waals surface area (Å²) in [5.74, 6) is 0. The Kier molecular flexibility index (Phi) is 1.98. The number of benzene rings is 1. The molecule has 70 valence electrons. The molecule has 0 aliphatic carbocycles. The Bertz CT molecular complexity index is 316. The van der Waals surface area contributed by atoms with Crippen LogP contribution in [0.2, 0.25) is 0 Å². The number of hydrogen-bond acceptors (Lipinski definition) is 1. The fourth-order valence-electron chi connectivity index (χ4n) is 1.56. The van der Waals surface area contributed by atoms with E-state index in [9.17, 15) is 4.39 Å². The highest BCUT2D eigenvalue weighted by atomic mass is 19.1. The molecule has 2 rings (SSSR count). The fourth-order valence-corrected chi connectivity index (χ4v) is 1.56. The second-order valence-electron chi connectivity index (χ2n) is 3.77. The van der Waals surface area contributed by atoms with Gasteiger partial charge in [0.05, 0.1) is 13.1 Å². The molecule has 0 amide bonds. The van der Waals surface area contributed by atoms with Crippen LogP contribution in [-0.2, 0) is 0 Å². The molecule has 0 aromatic heterocycles. The maximum atomic E-state index is 12.6. The molecule has 2 heteroatoms. The van der Waals surface area contributed by atoms with Crippen LogP contribution in [0.15, 0.2) is 18.2 Å². The number of anilines is 1. The average Bonchev–Trinajstić information content (AvgIpc) is 2.05. The number of rotatable bonds is 1. The van der Waals surface area contributed by atoms with Crippen LogP contribution in [-0.4, -0.2) is 19.3 Å². The summed E-state index contributed by atoms with van der Waals surface area (Å²) in [6.07, 6.45) is -0.624. The maximum Gasteiger partial charge on any atom is 0.135 e. The van der Waals surface area contributed by atoms with Crippen LogP contribution < -0.4 is 4.90 Å². The predicted octanol–water partition coefficient (Wildman–Crippen LogP) is 2.46. The van der Waals surface area contributed by atoms with Crippen molar-refractivity contribution in [2.45, 2.75) is 20.0 Å². The number of aryl methyl sites for hydroxylation is 2. The summed E-state index contributed by atoms with van der Waals surface area (Å²) < 4.78 is 12.6. The van der Waals surface area contributed by atoms with Crippen molar-refractivity contribution in [1.29, 1.82) is 0 Å². The van der Waals surface area contributed by atoms with Gasteiger partial charge >= 0.3 is 0 Å². The number of alkyl halides is 1. The zero-order chi connectivity index (χ0) is 9.42. The van der Waals surface area contributed by atoms with E-state index < -0.39 is 6.17 Å². The molecular weight excluding hydrogens is 165 g/mol. The second-order valence-corrected chi connectivity index (χ2v) is 3.77. The fraction of sp³-hybridized carbons (Fsp3) is 0.455. The zero-order valence-electron chi connectivity index (χ0n) is 8.05. The smallest absolute Gasteiger partial charge is 0.135 e. The van der Waals surface area contributed by atoms with Gasteiger partial charge in [0.1, 0.15) is 6.17 Å². The first-order valence-electron chi connectivity index (χ1n) is 4.63. The van der Waals surface area contributed by atoms with Crippen molar-refractivity contribution in [3.8, 4) is 0 Å². The molecule has 0 saturated carbocycles. The van der Waals surface area contributed by atoms with Crippen LogP contribution in [0.5, 0.6) is 0 Å². The standard InChI is InChI=1S/C11H14FN/c1-8-3-4-11(5-9(8)2)13-6-10(12)7-13/h3-5,10H,6-7H2,1-2H3. The lowest BCUT2D eigenvalue weighted by Gasteiger charge is -2.36. The molecule has 1 heterocycles. The third-order valence-corrected chi connectivity index (χ3v) is 2.69. The van der Waals surface area contributed by atoms with Gasteiger partial charge < -0.3 is 4.90 Å². The molecule has 0 unspecified atom stereocenters. The monoisotopic (exact) mass is 179 g/mol. The molecule has 0 atom stereocenters. The lowest BCUT2D eigenvalue weighted by atomic mass is 10.1. The van der Waals surface area contributed by atoms with Gasteiger partial charge in [-0.25, -0.2) is 4.39 Å². The minimum Gasteiger partial charge on any atom is -0.366 e. The van der Waals surface area contributed by atoms with Gasteiger partial charge in [0.25, 0.3) is 0 Å². The van der Waals surface area contributed by atoms with Crippen molar-refractivity contribution >= 4 is 5.69 Å². The number of halogens is 1. The highest BCUT2D eigenvalue weighted by Crippen LogP contribution is 2.24. The molecule has 0 N–H and O–H groups in total. The Hall–Kier alpha value is -1.05. The van der Waals surface area contributed by atoms with Gasteiger partial charge in [-0.2, -0.15) is 0 Å². The molecule has 1 nitrogen and oxygen atoms in total. The molecule has 1 aliphatic heterocycles. The van der Waals surface area contributed by atoms with Crippen molar-refractivity contribution in [1.82, 2.24) is 0 Å². The van der Waals surface area contributed by atoms with E-state index in [-0.39, 0.29) is 0 Å². The lowest BCUT2D eigenvalue weighted by Crippen LogP contribution is -2.48. The van der Waals surface area contributed by atoms with Gasteiger partial charge in [-0.05, 0) is 37.1 Å². The summed E-state index contributed by atoms with van der Waals surface area (Å²) in [5, 5.41) is 0. The Morgan fingerprint density at radius 1 is 1.23 bits per heavy atom. The number of hydrogen-bond donors (Lipinski definition) is 0. The van der Waals surface area contributed by atoms with E-state index in [4.69, 9.17) is 0 Å². The second kappa shape index (κ2) is 3.02. The van der Waals surface area contributed by atoms with Crippen LogP contribution in [0.1, 0.15) is 11.1 Å². The molecule has 0 spiro atoms. The minimum atomic E-state index is -0.624. The maximum absolute atomic E-state index is 12.6. The van der Waals surface area contributed by atoms with Crippen molar-refractivity contribution in [3.63, 3.8) is 0 Å². The summed E-state index contributed by atoms with van der Waals surface area (Å²) in [4.78, 5) is 2.07. The van der Waals surface area contributed by atoms with E-state index in [2.05, 4.69) is 36.9 Å². The predicted molar refractivity (Wildman–Crippen MR) is 53.0 cm³/mol. The van der Waals surface area contributed by atoms with Crippen LogP contribution in [0.3, 0.4) is 0 Å². The number of nitrogens with zero attached hydrogens (tertiary/aromatic N) is 1. The van der Waals surface area contributed by atoms with Crippen molar-refractivity contribution in [3.05, 3.63) is 29.3 Å². The highest BCUT2D eigenvalue weighted by molar-refractivity contribution is 5.52. The Morgan fingerprint density at radius 2 is 1.92 bits per heavy atom. The SMILES string of the molecule is Cc1ccc(N2CC(F)C2)cc1C. The third kappa shape index (κ3) is 1.53. The van der Waals surface area contributed by atoms with Gasteiger partial charge in [0.15, 0.2) is 0 Å². The quantitative estimate of drug-likeness (QED) is 0.640. The normalized spacial score (nSPS) is 17.3. The highest BCUT2D eigenvalue weighted by Gasteiger charge is 2.26. The van der Waals surface area contributed by atoms with Crippen molar-refractivity contribution in [2.24, 2.45) is 0 Å². The first-order valence-corrected chi connectivity index (χ1v) is 4.63. The lowest BCUT2D eigenvalue weighted by molar-refractivity contribution is 0.275. The molecule has 0 radical (unpaired) electrons. The first-order chi connectivity index (χ1) is 6.16. The molecule has 0 bridgehead atoms. The first kappa shape index (κ1) is 8.54. The summed E-state index contributed by atoms with van der Waals surface area (Å²) >= 11 is 0. The van der Waals surface area contributed by atoms with Crippen LogP contribution in [0.4, 0.5) is 10.1 Å². The molecule has 1 aromatic carbocycles. The Balaban J connectivity index is 2.18. The summed E-state index contributed by atoms with van der Waals surface area (Å²) in [6.45, 7) is 5.30. The van der Waals surface area contributed by atoms with Crippen molar-refractivity contribution < 1.29 is 4.39 Å². The molecule has 1 aliphatic rings. The van der Waals surface area contributed by atoms with E-state index in [1.165, 1.54) is 11.1 Å².